The second-order valence-corrected chi connectivity index (χ2v) is 8.25. The quantitative estimate of drug-likeness (QED) is 0.759. The van der Waals surface area contributed by atoms with Gasteiger partial charge in [0.05, 0.1) is 36.7 Å². The van der Waals surface area contributed by atoms with Crippen LogP contribution in [0.3, 0.4) is 0 Å². The number of rotatable bonds is 6. The summed E-state index contributed by atoms with van der Waals surface area (Å²) in [6.45, 7) is 7.79. The van der Waals surface area contributed by atoms with Crippen molar-refractivity contribution in [1.29, 1.82) is 0 Å². The van der Waals surface area contributed by atoms with E-state index in [2.05, 4.69) is 26.4 Å². The lowest BCUT2D eigenvalue weighted by molar-refractivity contribution is -0.0971. The molecular weight excluding hydrogens is 342 g/mol. The van der Waals surface area contributed by atoms with Crippen molar-refractivity contribution in [3.05, 3.63) is 34.7 Å². The Kier molecular flexibility index (Phi) is 4.79. The van der Waals surface area contributed by atoms with E-state index >= 15 is 0 Å². The molecule has 0 bridgehead atoms. The zero-order chi connectivity index (χ0) is 18.2. The van der Waals surface area contributed by atoms with Crippen LogP contribution in [0.2, 0.25) is 0 Å². The zero-order valence-electron chi connectivity index (χ0n) is 15.1. The molecule has 3 aliphatic rings. The maximum absolute atomic E-state index is 12.1. The van der Waals surface area contributed by atoms with Gasteiger partial charge in [-0.2, -0.15) is 0 Å². The number of aliphatic imine (C=N–C) groups is 1. The van der Waals surface area contributed by atoms with Gasteiger partial charge in [0.15, 0.2) is 0 Å². The average molecular weight is 367 g/mol. The molecule has 0 spiro atoms. The third-order valence-electron chi connectivity index (χ3n) is 4.42. The Bertz CT molecular complexity index is 782. The van der Waals surface area contributed by atoms with Crippen LogP contribution >= 0.6 is 0 Å². The second-order valence-electron chi connectivity index (χ2n) is 6.24. The van der Waals surface area contributed by atoms with Gasteiger partial charge in [-0.3, -0.25) is 9.56 Å². The number of fused-ring (bicyclic) bond motifs is 2. The van der Waals surface area contributed by atoms with Crippen molar-refractivity contribution in [2.45, 2.75) is 27.2 Å². The maximum Gasteiger partial charge on any atom is 0.232 e. The number of hydrogen-bond donors (Lipinski definition) is 1. The molecule has 0 radical (unpaired) electrons. The summed E-state index contributed by atoms with van der Waals surface area (Å²) in [5, 5.41) is 1.72. The fraction of sp³-hybridized carbons (Fsp3) is 0.562. The first-order valence-electron chi connectivity index (χ1n) is 8.44. The smallest absolute Gasteiger partial charge is 0.232 e. The van der Waals surface area contributed by atoms with E-state index in [4.69, 9.17) is 4.84 Å². The molecule has 0 aliphatic carbocycles. The van der Waals surface area contributed by atoms with Gasteiger partial charge in [0, 0.05) is 13.1 Å². The molecule has 0 aromatic heterocycles. The Hall–Kier alpha value is -2.00. The summed E-state index contributed by atoms with van der Waals surface area (Å²) in [5.41, 5.74) is 3.16. The van der Waals surface area contributed by atoms with E-state index in [9.17, 15) is 8.42 Å². The van der Waals surface area contributed by atoms with Gasteiger partial charge in [0.1, 0.15) is 18.2 Å². The SMILES string of the molecule is CCCN1CC(C)=C(NS(=O)(=O)CC)C2=C1N1CN(OC)C=C1C=N2. The largest absolute Gasteiger partial charge is 0.352 e. The highest BCUT2D eigenvalue weighted by atomic mass is 32.2. The predicted octanol–water partition coefficient (Wildman–Crippen LogP) is 1.16. The molecule has 0 saturated carbocycles. The molecule has 0 aromatic rings. The van der Waals surface area contributed by atoms with Crippen molar-refractivity contribution in [2.75, 3.05) is 32.6 Å². The Morgan fingerprint density at radius 3 is 2.76 bits per heavy atom. The number of allylic oxidation sites excluding steroid dienone is 1. The second kappa shape index (κ2) is 6.72. The summed E-state index contributed by atoms with van der Waals surface area (Å²) >= 11 is 0. The van der Waals surface area contributed by atoms with Crippen LogP contribution in [0, 0.1) is 0 Å². The van der Waals surface area contributed by atoms with Gasteiger partial charge in [-0.25, -0.2) is 18.5 Å². The molecule has 9 heteroatoms. The van der Waals surface area contributed by atoms with E-state index in [1.165, 1.54) is 0 Å². The first-order chi connectivity index (χ1) is 11.9. The van der Waals surface area contributed by atoms with Gasteiger partial charge >= 0.3 is 0 Å². The molecule has 8 nitrogen and oxygen atoms in total. The minimum Gasteiger partial charge on any atom is -0.352 e. The van der Waals surface area contributed by atoms with E-state index in [0.29, 0.717) is 24.6 Å². The molecule has 0 fully saturated rings. The minimum absolute atomic E-state index is 0.0289. The topological polar surface area (TPSA) is 77.5 Å². The summed E-state index contributed by atoms with van der Waals surface area (Å²) in [7, 11) is -1.75. The molecule has 3 rings (SSSR count). The number of hydrogen-bond acceptors (Lipinski definition) is 7. The lowest BCUT2D eigenvalue weighted by atomic mass is 10.1. The molecule has 0 saturated heterocycles. The van der Waals surface area contributed by atoms with Crippen molar-refractivity contribution in [1.82, 2.24) is 19.6 Å². The summed E-state index contributed by atoms with van der Waals surface area (Å²) in [6, 6.07) is 0. The highest BCUT2D eigenvalue weighted by Gasteiger charge is 2.36. The van der Waals surface area contributed by atoms with Crippen LogP contribution in [0.4, 0.5) is 0 Å². The van der Waals surface area contributed by atoms with Gasteiger partial charge < -0.3 is 9.80 Å². The number of hydroxylamine groups is 2. The van der Waals surface area contributed by atoms with Crippen LogP contribution in [0.5, 0.6) is 0 Å². The number of sulfonamides is 1. The molecule has 138 valence electrons. The van der Waals surface area contributed by atoms with Crippen molar-refractivity contribution < 1.29 is 13.3 Å². The van der Waals surface area contributed by atoms with E-state index in [-0.39, 0.29) is 5.75 Å². The van der Waals surface area contributed by atoms with Crippen LogP contribution in [0.1, 0.15) is 27.2 Å². The Morgan fingerprint density at radius 1 is 1.36 bits per heavy atom. The standard InChI is InChI=1S/C16H25N5O3S/c1-5-7-19-9-12(3)14(18-25(22,23)6-2)15-16(19)21-11-20(24-4)10-13(21)8-17-15/h8,10,18H,5-7,9,11H2,1-4H3. The first kappa shape index (κ1) is 17.8. The van der Waals surface area contributed by atoms with Crippen molar-refractivity contribution >= 4 is 16.2 Å². The maximum atomic E-state index is 12.1. The third-order valence-corrected chi connectivity index (χ3v) is 5.69. The van der Waals surface area contributed by atoms with Crippen LogP contribution in [-0.4, -0.2) is 62.1 Å². The Balaban J connectivity index is 2.05. The van der Waals surface area contributed by atoms with Gasteiger partial charge in [-0.05, 0) is 25.8 Å². The Labute approximate surface area is 149 Å². The predicted molar refractivity (Wildman–Crippen MR) is 96.3 cm³/mol. The van der Waals surface area contributed by atoms with Gasteiger partial charge in [-0.15, -0.1) is 0 Å². The first-order valence-corrected chi connectivity index (χ1v) is 10.1. The number of nitrogens with zero attached hydrogens (tertiary/aromatic N) is 4. The van der Waals surface area contributed by atoms with Crippen molar-refractivity contribution in [3.63, 3.8) is 0 Å². The summed E-state index contributed by atoms with van der Waals surface area (Å²) in [4.78, 5) is 14.2. The van der Waals surface area contributed by atoms with Gasteiger partial charge in [-0.1, -0.05) is 6.92 Å². The van der Waals surface area contributed by atoms with Crippen LogP contribution in [0.25, 0.3) is 0 Å². The summed E-state index contributed by atoms with van der Waals surface area (Å²) < 4.78 is 27.0. The molecule has 0 unspecified atom stereocenters. The highest BCUT2D eigenvalue weighted by Crippen LogP contribution is 2.36. The van der Waals surface area contributed by atoms with Crippen molar-refractivity contribution in [3.8, 4) is 0 Å². The van der Waals surface area contributed by atoms with Crippen molar-refractivity contribution in [2.24, 2.45) is 4.99 Å². The normalized spacial score (nSPS) is 20.2. The van der Waals surface area contributed by atoms with Gasteiger partial charge in [0.25, 0.3) is 0 Å². The van der Waals surface area contributed by atoms with E-state index in [0.717, 1.165) is 30.1 Å². The molecule has 0 amide bonds. The molecule has 25 heavy (non-hydrogen) atoms. The fourth-order valence-corrected chi connectivity index (χ4v) is 3.88. The fourth-order valence-electron chi connectivity index (χ4n) is 3.16. The summed E-state index contributed by atoms with van der Waals surface area (Å²) in [6.07, 6.45) is 4.63. The van der Waals surface area contributed by atoms with E-state index in [1.807, 2.05) is 13.1 Å². The molecule has 0 atom stereocenters. The number of nitrogens with one attached hydrogen (secondary N) is 1. The molecule has 0 aromatic carbocycles. The van der Waals surface area contributed by atoms with E-state index in [1.54, 1.807) is 25.3 Å². The van der Waals surface area contributed by atoms with Crippen LogP contribution in [-0.2, 0) is 14.9 Å². The lowest BCUT2D eigenvalue weighted by Gasteiger charge is -2.40. The zero-order valence-corrected chi connectivity index (χ0v) is 15.9. The Morgan fingerprint density at radius 2 is 2.12 bits per heavy atom. The van der Waals surface area contributed by atoms with Crippen LogP contribution < -0.4 is 4.72 Å². The van der Waals surface area contributed by atoms with Gasteiger partial charge in [0.2, 0.25) is 10.0 Å². The van der Waals surface area contributed by atoms with Crippen LogP contribution in [0.15, 0.2) is 39.7 Å². The summed E-state index contributed by atoms with van der Waals surface area (Å²) in [5.74, 6) is 0.954. The molecule has 3 aliphatic heterocycles. The highest BCUT2D eigenvalue weighted by molar-refractivity contribution is 7.89. The molecular formula is C16H25N5O3S. The monoisotopic (exact) mass is 367 g/mol. The minimum atomic E-state index is -3.37. The third kappa shape index (κ3) is 3.25. The van der Waals surface area contributed by atoms with E-state index < -0.39 is 10.0 Å². The molecule has 3 heterocycles. The average Bonchev–Trinajstić information content (AvgIpc) is 3.01. The lowest BCUT2D eigenvalue weighted by Crippen LogP contribution is -2.44. The molecule has 1 N–H and O–H groups in total.